The molecule has 1 unspecified atom stereocenters. The Balaban J connectivity index is 1.26. The van der Waals surface area contributed by atoms with Gasteiger partial charge in [0.15, 0.2) is 11.5 Å². The molecule has 6 nitrogen and oxygen atoms in total. The lowest BCUT2D eigenvalue weighted by Crippen LogP contribution is -2.40. The van der Waals surface area contributed by atoms with Gasteiger partial charge in [0, 0.05) is 36.6 Å². The third kappa shape index (κ3) is 4.03. The third-order valence-electron chi connectivity index (χ3n) is 5.17. The summed E-state index contributed by atoms with van der Waals surface area (Å²) in [5, 5.41) is 0.655. The number of nitrogens with zero attached hydrogens (tertiary/aromatic N) is 2. The normalized spacial score (nSPS) is 21.6. The van der Waals surface area contributed by atoms with Crippen LogP contribution in [0.2, 0.25) is 5.02 Å². The quantitative estimate of drug-likeness (QED) is 0.799. The number of rotatable bonds is 5. The molecule has 4 rings (SSSR count). The number of likely N-dealkylation sites (tertiary alicyclic amines) is 1. The lowest BCUT2D eigenvalue weighted by atomic mass is 9.97. The smallest absolute Gasteiger partial charge is 0.248 e. The fourth-order valence-corrected chi connectivity index (χ4v) is 3.75. The Morgan fingerprint density at radius 2 is 2.15 bits per heavy atom. The first-order valence-electron chi connectivity index (χ1n) is 9.18. The Morgan fingerprint density at radius 1 is 1.31 bits per heavy atom. The maximum atomic E-state index is 12.3. The van der Waals surface area contributed by atoms with E-state index in [1.165, 1.54) is 0 Å². The van der Waals surface area contributed by atoms with Gasteiger partial charge in [0.25, 0.3) is 0 Å². The molecule has 3 heterocycles. The van der Waals surface area contributed by atoms with Crippen molar-refractivity contribution in [1.29, 1.82) is 0 Å². The number of aromatic nitrogens is 1. The van der Waals surface area contributed by atoms with E-state index in [0.717, 1.165) is 49.5 Å². The van der Waals surface area contributed by atoms with Crippen LogP contribution >= 0.6 is 11.6 Å². The van der Waals surface area contributed by atoms with Gasteiger partial charge in [-0.1, -0.05) is 11.6 Å². The Bertz CT molecular complexity index is 764. The second-order valence-electron chi connectivity index (χ2n) is 7.06. The van der Waals surface area contributed by atoms with Crippen LogP contribution in [0.15, 0.2) is 22.6 Å². The van der Waals surface area contributed by atoms with Crippen LogP contribution in [0.3, 0.4) is 0 Å². The molecule has 1 amide bonds. The van der Waals surface area contributed by atoms with Gasteiger partial charge in [-0.2, -0.15) is 0 Å². The fraction of sp³-hybridized carbons (Fsp3) is 0.579. The molecule has 0 aliphatic carbocycles. The predicted octanol–water partition coefficient (Wildman–Crippen LogP) is 3.24. The van der Waals surface area contributed by atoms with E-state index >= 15 is 0 Å². The van der Waals surface area contributed by atoms with E-state index in [-0.39, 0.29) is 18.4 Å². The summed E-state index contributed by atoms with van der Waals surface area (Å²) in [5.74, 6) is 1.47. The summed E-state index contributed by atoms with van der Waals surface area (Å²) in [6.07, 6.45) is 2.72. The summed E-state index contributed by atoms with van der Waals surface area (Å²) in [4.78, 5) is 18.8. The molecule has 140 valence electrons. The minimum Gasteiger partial charge on any atom is -0.440 e. The monoisotopic (exact) mass is 378 g/mol. The number of hydrogen-bond donors (Lipinski definition) is 0. The highest BCUT2D eigenvalue weighted by Crippen LogP contribution is 2.30. The molecule has 1 atom stereocenters. The van der Waals surface area contributed by atoms with Gasteiger partial charge in [0.1, 0.15) is 12.1 Å². The molecule has 0 radical (unpaired) electrons. The molecule has 0 N–H and O–H groups in total. The summed E-state index contributed by atoms with van der Waals surface area (Å²) < 4.78 is 16.8. The van der Waals surface area contributed by atoms with Gasteiger partial charge in [-0.25, -0.2) is 4.98 Å². The Hall–Kier alpha value is -1.63. The van der Waals surface area contributed by atoms with Crippen molar-refractivity contribution in [1.82, 2.24) is 9.88 Å². The number of carbonyl (C=O) groups excluding carboxylic acids is 1. The Morgan fingerprint density at radius 3 is 2.92 bits per heavy atom. The zero-order valence-corrected chi connectivity index (χ0v) is 15.4. The minimum atomic E-state index is 0.0618. The maximum Gasteiger partial charge on any atom is 0.248 e. The first kappa shape index (κ1) is 17.8. The zero-order valence-electron chi connectivity index (χ0n) is 14.7. The summed E-state index contributed by atoms with van der Waals surface area (Å²) >= 11 is 6.01. The number of halogens is 1. The third-order valence-corrected chi connectivity index (χ3v) is 5.40. The highest BCUT2D eigenvalue weighted by atomic mass is 35.5. The van der Waals surface area contributed by atoms with Crippen molar-refractivity contribution in [2.75, 3.05) is 39.5 Å². The van der Waals surface area contributed by atoms with Crippen molar-refractivity contribution in [3.05, 3.63) is 29.1 Å². The van der Waals surface area contributed by atoms with E-state index in [0.29, 0.717) is 30.6 Å². The van der Waals surface area contributed by atoms with Gasteiger partial charge >= 0.3 is 0 Å². The molecule has 0 spiro atoms. The summed E-state index contributed by atoms with van der Waals surface area (Å²) in [5.41, 5.74) is 1.54. The second kappa shape index (κ2) is 7.94. The van der Waals surface area contributed by atoms with Crippen LogP contribution in [0, 0.1) is 5.92 Å². The molecule has 2 fully saturated rings. The summed E-state index contributed by atoms with van der Waals surface area (Å²) in [6, 6.07) is 5.46. The Labute approximate surface area is 157 Å². The maximum absolute atomic E-state index is 12.3. The molecule has 7 heteroatoms. The average Bonchev–Trinajstić information content (AvgIpc) is 3.31. The van der Waals surface area contributed by atoms with E-state index in [2.05, 4.69) is 4.98 Å². The molecule has 2 aromatic rings. The van der Waals surface area contributed by atoms with Crippen LogP contribution in [-0.4, -0.2) is 55.3 Å². The molecule has 2 aliphatic heterocycles. The van der Waals surface area contributed by atoms with E-state index in [9.17, 15) is 4.79 Å². The van der Waals surface area contributed by atoms with E-state index in [1.54, 1.807) is 6.07 Å². The van der Waals surface area contributed by atoms with E-state index < -0.39 is 0 Å². The molecule has 2 aliphatic rings. The van der Waals surface area contributed by atoms with Gasteiger partial charge in [0.05, 0.1) is 13.2 Å². The molecule has 0 bridgehead atoms. The lowest BCUT2D eigenvalue weighted by molar-refractivity contribution is -0.137. The number of amides is 1. The van der Waals surface area contributed by atoms with Crippen molar-refractivity contribution in [3.8, 4) is 0 Å². The highest BCUT2D eigenvalue weighted by Gasteiger charge is 2.27. The van der Waals surface area contributed by atoms with Crippen LogP contribution in [0.1, 0.15) is 31.1 Å². The number of hydrogen-bond acceptors (Lipinski definition) is 5. The van der Waals surface area contributed by atoms with E-state index in [4.69, 9.17) is 25.5 Å². The highest BCUT2D eigenvalue weighted by molar-refractivity contribution is 6.31. The van der Waals surface area contributed by atoms with Gasteiger partial charge in [-0.15, -0.1) is 0 Å². The second-order valence-corrected chi connectivity index (χ2v) is 7.50. The van der Waals surface area contributed by atoms with Gasteiger partial charge < -0.3 is 18.8 Å². The molecule has 0 saturated carbocycles. The fourth-order valence-electron chi connectivity index (χ4n) is 3.59. The molecule has 1 aromatic heterocycles. The SMILES string of the molecule is O=C(COCC1CCOC1)N1CCC(c2nc3cc(Cl)ccc3o2)CC1. The minimum absolute atomic E-state index is 0.0618. The number of carbonyl (C=O) groups is 1. The number of benzene rings is 1. The van der Waals surface area contributed by atoms with Crippen molar-refractivity contribution in [2.45, 2.75) is 25.2 Å². The first-order chi connectivity index (χ1) is 12.7. The number of ether oxygens (including phenoxy) is 2. The zero-order chi connectivity index (χ0) is 17.9. The average molecular weight is 379 g/mol. The van der Waals surface area contributed by atoms with Crippen LogP contribution in [0.4, 0.5) is 0 Å². The van der Waals surface area contributed by atoms with Crippen molar-refractivity contribution >= 4 is 28.6 Å². The number of fused-ring (bicyclic) bond motifs is 1. The van der Waals surface area contributed by atoms with Crippen molar-refractivity contribution < 1.29 is 18.7 Å². The van der Waals surface area contributed by atoms with Gasteiger partial charge in [0.2, 0.25) is 5.91 Å². The van der Waals surface area contributed by atoms with Crippen LogP contribution in [0.5, 0.6) is 0 Å². The van der Waals surface area contributed by atoms with Gasteiger partial charge in [-0.3, -0.25) is 4.79 Å². The summed E-state index contributed by atoms with van der Waals surface area (Å²) in [6.45, 7) is 3.72. The van der Waals surface area contributed by atoms with Crippen LogP contribution in [-0.2, 0) is 14.3 Å². The van der Waals surface area contributed by atoms with Crippen LogP contribution in [0.25, 0.3) is 11.1 Å². The van der Waals surface area contributed by atoms with Gasteiger partial charge in [-0.05, 0) is 37.5 Å². The van der Waals surface area contributed by atoms with Crippen molar-refractivity contribution in [3.63, 3.8) is 0 Å². The molecule has 26 heavy (non-hydrogen) atoms. The first-order valence-corrected chi connectivity index (χ1v) is 9.56. The van der Waals surface area contributed by atoms with Crippen molar-refractivity contribution in [2.24, 2.45) is 5.92 Å². The molecular formula is C19H23ClN2O4. The topological polar surface area (TPSA) is 64.8 Å². The Kier molecular flexibility index (Phi) is 5.43. The molecule has 1 aromatic carbocycles. The van der Waals surface area contributed by atoms with Crippen LogP contribution < -0.4 is 0 Å². The molecular weight excluding hydrogens is 356 g/mol. The predicted molar refractivity (Wildman–Crippen MR) is 97.3 cm³/mol. The number of piperidine rings is 1. The standard InChI is InChI=1S/C19H23ClN2O4/c20-15-1-2-17-16(9-15)21-19(26-17)14-3-6-22(7-4-14)18(23)12-25-11-13-5-8-24-10-13/h1-2,9,13-14H,3-8,10-12H2. The number of oxazole rings is 1. The lowest BCUT2D eigenvalue weighted by Gasteiger charge is -2.30. The van der Waals surface area contributed by atoms with E-state index in [1.807, 2.05) is 17.0 Å². The molecule has 2 saturated heterocycles. The largest absolute Gasteiger partial charge is 0.440 e. The summed E-state index contributed by atoms with van der Waals surface area (Å²) in [7, 11) is 0.